The maximum atomic E-state index is 11.8. The number of aryl methyl sites for hydroxylation is 1. The van der Waals surface area contributed by atoms with E-state index in [1.165, 1.54) is 6.07 Å². The van der Waals surface area contributed by atoms with Crippen LogP contribution in [0.3, 0.4) is 0 Å². The van der Waals surface area contributed by atoms with E-state index < -0.39 is 12.8 Å². The number of aldehydes is 1. The molecule has 78 valence electrons. The van der Waals surface area contributed by atoms with Crippen molar-refractivity contribution < 1.29 is 22.7 Å². The smallest absolute Gasteiger partial charge is 0.422 e. The molecule has 0 saturated heterocycles. The van der Waals surface area contributed by atoms with Crippen LogP contribution in [0.4, 0.5) is 13.2 Å². The Kier molecular flexibility index (Phi) is 3.15. The Balaban J connectivity index is 2.67. The zero-order chi connectivity index (χ0) is 10.8. The van der Waals surface area contributed by atoms with Gasteiger partial charge in [-0.25, -0.2) is 0 Å². The highest BCUT2D eigenvalue weighted by Crippen LogP contribution is 2.30. The normalized spacial score (nSPS) is 11.4. The summed E-state index contributed by atoms with van der Waals surface area (Å²) in [4.78, 5) is 10.7. The fourth-order valence-corrected chi connectivity index (χ4v) is 1.67. The molecule has 0 aromatic carbocycles. The van der Waals surface area contributed by atoms with Crippen LogP contribution in [0.2, 0.25) is 0 Å². The summed E-state index contributed by atoms with van der Waals surface area (Å²) in [6, 6.07) is 1.49. The van der Waals surface area contributed by atoms with Gasteiger partial charge in [0.1, 0.15) is 0 Å². The molecule has 1 rings (SSSR count). The highest BCUT2D eigenvalue weighted by molar-refractivity contribution is 7.15. The van der Waals surface area contributed by atoms with Crippen LogP contribution in [-0.4, -0.2) is 19.1 Å². The number of hydrogen-bond donors (Lipinski definition) is 0. The zero-order valence-corrected chi connectivity index (χ0v) is 8.04. The quantitative estimate of drug-likeness (QED) is 0.738. The van der Waals surface area contributed by atoms with Crippen molar-refractivity contribution in [1.82, 2.24) is 0 Å². The third kappa shape index (κ3) is 3.02. The lowest BCUT2D eigenvalue weighted by Gasteiger charge is -2.07. The Labute approximate surface area is 82.3 Å². The number of alkyl halides is 3. The van der Waals surface area contributed by atoms with Crippen LogP contribution in [0.5, 0.6) is 5.06 Å². The molecule has 0 N–H and O–H groups in total. The Bertz CT molecular complexity index is 330. The summed E-state index contributed by atoms with van der Waals surface area (Å²) in [6.45, 7) is 0.266. The van der Waals surface area contributed by atoms with Crippen molar-refractivity contribution in [3.05, 3.63) is 16.5 Å². The van der Waals surface area contributed by atoms with Crippen molar-refractivity contribution in [3.8, 4) is 5.06 Å². The van der Waals surface area contributed by atoms with E-state index in [0.29, 0.717) is 16.7 Å². The maximum absolute atomic E-state index is 11.8. The van der Waals surface area contributed by atoms with Crippen LogP contribution < -0.4 is 4.74 Å². The average Bonchev–Trinajstić information content (AvgIpc) is 2.42. The number of thiophene rings is 1. The third-order valence-corrected chi connectivity index (χ3v) is 2.45. The van der Waals surface area contributed by atoms with E-state index in [-0.39, 0.29) is 5.06 Å². The van der Waals surface area contributed by atoms with E-state index in [1.54, 1.807) is 6.92 Å². The molecule has 0 aliphatic rings. The van der Waals surface area contributed by atoms with Gasteiger partial charge in [-0.1, -0.05) is 11.3 Å². The molecular weight excluding hydrogens is 217 g/mol. The minimum Gasteiger partial charge on any atom is -0.474 e. The van der Waals surface area contributed by atoms with E-state index >= 15 is 0 Å². The van der Waals surface area contributed by atoms with Crippen molar-refractivity contribution in [3.63, 3.8) is 0 Å². The monoisotopic (exact) mass is 224 g/mol. The van der Waals surface area contributed by atoms with Gasteiger partial charge in [-0.3, -0.25) is 4.79 Å². The SMILES string of the molecule is Cc1cc(C=O)sc1OCC(F)(F)F. The lowest BCUT2D eigenvalue weighted by molar-refractivity contribution is -0.153. The number of hydrogen-bond acceptors (Lipinski definition) is 3. The molecule has 0 saturated carbocycles. The summed E-state index contributed by atoms with van der Waals surface area (Å²) in [7, 11) is 0. The van der Waals surface area contributed by atoms with Gasteiger partial charge in [-0.2, -0.15) is 13.2 Å². The second kappa shape index (κ2) is 4.00. The van der Waals surface area contributed by atoms with Crippen LogP contribution in [0.15, 0.2) is 6.07 Å². The molecular formula is C8H7F3O2S. The van der Waals surface area contributed by atoms with Gasteiger partial charge in [0, 0.05) is 5.56 Å². The van der Waals surface area contributed by atoms with Crippen LogP contribution in [0.1, 0.15) is 15.2 Å². The van der Waals surface area contributed by atoms with E-state index in [2.05, 4.69) is 4.74 Å². The molecule has 0 spiro atoms. The average molecular weight is 224 g/mol. The molecule has 6 heteroatoms. The van der Waals surface area contributed by atoms with Gasteiger partial charge < -0.3 is 4.74 Å². The standard InChI is InChI=1S/C8H7F3O2S/c1-5-2-6(3-12)14-7(5)13-4-8(9,10)11/h2-3H,4H2,1H3. The molecule has 0 radical (unpaired) electrons. The first-order valence-corrected chi connectivity index (χ1v) is 4.49. The minimum absolute atomic E-state index is 0.143. The summed E-state index contributed by atoms with van der Waals surface area (Å²) in [5.41, 5.74) is 0.543. The van der Waals surface area contributed by atoms with Gasteiger partial charge in [-0.05, 0) is 13.0 Å². The number of carbonyl (C=O) groups is 1. The number of ether oxygens (including phenoxy) is 1. The first-order chi connectivity index (χ1) is 6.42. The van der Waals surface area contributed by atoms with E-state index in [0.717, 1.165) is 11.3 Å². The van der Waals surface area contributed by atoms with Gasteiger partial charge in [0.25, 0.3) is 0 Å². The van der Waals surface area contributed by atoms with Gasteiger partial charge in [0.05, 0.1) is 4.88 Å². The summed E-state index contributed by atoms with van der Waals surface area (Å²) < 4.78 is 39.8. The fourth-order valence-electron chi connectivity index (χ4n) is 0.838. The summed E-state index contributed by atoms with van der Waals surface area (Å²) in [6.07, 6.45) is -3.77. The first kappa shape index (κ1) is 11.0. The molecule has 0 atom stereocenters. The lowest BCUT2D eigenvalue weighted by Crippen LogP contribution is -2.19. The van der Waals surface area contributed by atoms with Crippen LogP contribution >= 0.6 is 11.3 Å². The highest BCUT2D eigenvalue weighted by Gasteiger charge is 2.29. The maximum Gasteiger partial charge on any atom is 0.422 e. The van der Waals surface area contributed by atoms with Gasteiger partial charge >= 0.3 is 6.18 Å². The highest BCUT2D eigenvalue weighted by atomic mass is 32.1. The largest absolute Gasteiger partial charge is 0.474 e. The van der Waals surface area contributed by atoms with Crippen LogP contribution in [0.25, 0.3) is 0 Å². The molecule has 0 aliphatic heterocycles. The summed E-state index contributed by atoms with van der Waals surface area (Å²) in [5, 5.41) is 0.143. The topological polar surface area (TPSA) is 26.3 Å². The molecule has 14 heavy (non-hydrogen) atoms. The van der Waals surface area contributed by atoms with Crippen molar-refractivity contribution in [2.24, 2.45) is 0 Å². The molecule has 1 heterocycles. The predicted molar refractivity (Wildman–Crippen MR) is 46.0 cm³/mol. The number of rotatable bonds is 3. The molecule has 1 aromatic heterocycles. The molecule has 1 aromatic rings. The second-order valence-electron chi connectivity index (χ2n) is 2.64. The van der Waals surface area contributed by atoms with E-state index in [1.807, 2.05) is 0 Å². The van der Waals surface area contributed by atoms with E-state index in [4.69, 9.17) is 0 Å². The van der Waals surface area contributed by atoms with Crippen molar-refractivity contribution in [1.29, 1.82) is 0 Å². The summed E-state index contributed by atoms with van der Waals surface area (Å²) >= 11 is 0.910. The molecule has 0 fully saturated rings. The lowest BCUT2D eigenvalue weighted by atomic mass is 10.3. The fraction of sp³-hybridized carbons (Fsp3) is 0.375. The predicted octanol–water partition coefficient (Wildman–Crippen LogP) is 2.81. The van der Waals surface area contributed by atoms with Gasteiger partial charge in [0.2, 0.25) is 0 Å². The molecule has 0 aliphatic carbocycles. The van der Waals surface area contributed by atoms with E-state index in [9.17, 15) is 18.0 Å². The van der Waals surface area contributed by atoms with Crippen molar-refractivity contribution in [2.45, 2.75) is 13.1 Å². The first-order valence-electron chi connectivity index (χ1n) is 3.67. The zero-order valence-electron chi connectivity index (χ0n) is 7.22. The Hall–Kier alpha value is -1.04. The Morgan fingerprint density at radius 1 is 1.57 bits per heavy atom. The molecule has 0 amide bonds. The molecule has 0 bridgehead atoms. The van der Waals surface area contributed by atoms with Crippen molar-refractivity contribution >= 4 is 17.6 Å². The van der Waals surface area contributed by atoms with Gasteiger partial charge in [0.15, 0.2) is 18.0 Å². The van der Waals surface area contributed by atoms with Gasteiger partial charge in [-0.15, -0.1) is 0 Å². The van der Waals surface area contributed by atoms with Crippen molar-refractivity contribution in [2.75, 3.05) is 6.61 Å². The minimum atomic E-state index is -4.35. The molecule has 0 unspecified atom stereocenters. The summed E-state index contributed by atoms with van der Waals surface area (Å²) in [5.74, 6) is 0. The number of carbonyl (C=O) groups excluding carboxylic acids is 1. The van der Waals surface area contributed by atoms with Crippen LogP contribution in [0, 0.1) is 6.92 Å². The second-order valence-corrected chi connectivity index (χ2v) is 3.69. The Morgan fingerprint density at radius 2 is 2.21 bits per heavy atom. The molecule has 2 nitrogen and oxygen atoms in total. The third-order valence-electron chi connectivity index (χ3n) is 1.37. The number of halogens is 3. The Morgan fingerprint density at radius 3 is 2.64 bits per heavy atom. The van der Waals surface area contributed by atoms with Crippen LogP contribution in [-0.2, 0) is 0 Å².